The maximum absolute atomic E-state index is 13.0. The molecule has 1 atom stereocenters. The second-order valence-electron chi connectivity index (χ2n) is 6.34. The molecule has 0 bridgehead atoms. The normalized spacial score (nSPS) is 15.5. The number of hydrogen-bond donors (Lipinski definition) is 0. The van der Waals surface area contributed by atoms with Crippen molar-refractivity contribution in [3.8, 4) is 0 Å². The zero-order chi connectivity index (χ0) is 18.0. The minimum Gasteiger partial charge on any atom is -0.311 e. The number of carbonyl (C=O) groups excluding carboxylic acids is 1. The SMILES string of the molecule is C[C@@H](C(=O)N1CCCc2ccccc21)N(C)Cc1nccn1C(F)F. The first-order chi connectivity index (χ1) is 12.0. The van der Waals surface area contributed by atoms with Crippen molar-refractivity contribution < 1.29 is 13.6 Å². The van der Waals surface area contributed by atoms with Crippen molar-refractivity contribution in [3.63, 3.8) is 0 Å². The summed E-state index contributed by atoms with van der Waals surface area (Å²) in [6.45, 7) is 0.0279. The van der Waals surface area contributed by atoms with E-state index in [0.29, 0.717) is 6.54 Å². The molecule has 134 valence electrons. The smallest absolute Gasteiger partial charge is 0.311 e. The van der Waals surface area contributed by atoms with Crippen LogP contribution in [-0.2, 0) is 17.8 Å². The number of amides is 1. The van der Waals surface area contributed by atoms with E-state index in [0.717, 1.165) is 23.1 Å². The van der Waals surface area contributed by atoms with Gasteiger partial charge in [-0.05, 0) is 38.4 Å². The molecule has 1 amide bonds. The summed E-state index contributed by atoms with van der Waals surface area (Å²) in [6.07, 6.45) is 4.49. The van der Waals surface area contributed by atoms with Crippen molar-refractivity contribution in [1.82, 2.24) is 14.5 Å². The summed E-state index contributed by atoms with van der Waals surface area (Å²) >= 11 is 0. The number of imidazole rings is 1. The van der Waals surface area contributed by atoms with Crippen LogP contribution >= 0.6 is 0 Å². The van der Waals surface area contributed by atoms with Crippen LogP contribution in [0.2, 0.25) is 0 Å². The number of rotatable bonds is 5. The number of fused-ring (bicyclic) bond motifs is 1. The summed E-state index contributed by atoms with van der Waals surface area (Å²) in [5, 5.41) is 0. The van der Waals surface area contributed by atoms with Gasteiger partial charge in [-0.15, -0.1) is 0 Å². The number of aromatic nitrogens is 2. The van der Waals surface area contributed by atoms with Gasteiger partial charge < -0.3 is 4.90 Å². The predicted molar refractivity (Wildman–Crippen MR) is 91.5 cm³/mol. The van der Waals surface area contributed by atoms with E-state index in [-0.39, 0.29) is 18.3 Å². The van der Waals surface area contributed by atoms with Crippen LogP contribution in [0.3, 0.4) is 0 Å². The van der Waals surface area contributed by atoms with Gasteiger partial charge in [-0.3, -0.25) is 14.3 Å². The van der Waals surface area contributed by atoms with Gasteiger partial charge >= 0.3 is 6.55 Å². The average molecular weight is 348 g/mol. The Hall–Kier alpha value is -2.28. The van der Waals surface area contributed by atoms with Crippen LogP contribution in [0.4, 0.5) is 14.5 Å². The lowest BCUT2D eigenvalue weighted by Crippen LogP contribution is -2.47. The zero-order valence-electron chi connectivity index (χ0n) is 14.4. The third-order valence-corrected chi connectivity index (χ3v) is 4.74. The average Bonchev–Trinajstić information content (AvgIpc) is 3.08. The molecule has 2 aromatic rings. The molecule has 2 heterocycles. The highest BCUT2D eigenvalue weighted by atomic mass is 19.3. The first-order valence-corrected chi connectivity index (χ1v) is 8.38. The number of likely N-dealkylation sites (N-methyl/N-ethyl adjacent to an activating group) is 1. The van der Waals surface area contributed by atoms with Gasteiger partial charge in [0.2, 0.25) is 5.91 Å². The molecule has 0 saturated carbocycles. The van der Waals surface area contributed by atoms with Gasteiger partial charge in [-0.2, -0.15) is 8.78 Å². The van der Waals surface area contributed by atoms with E-state index in [9.17, 15) is 13.6 Å². The van der Waals surface area contributed by atoms with Gasteiger partial charge in [0.25, 0.3) is 0 Å². The van der Waals surface area contributed by atoms with Crippen LogP contribution in [0.1, 0.15) is 31.3 Å². The molecular weight excluding hydrogens is 326 g/mol. The van der Waals surface area contributed by atoms with Crippen LogP contribution in [0.25, 0.3) is 0 Å². The Morgan fingerprint density at radius 1 is 1.36 bits per heavy atom. The highest BCUT2D eigenvalue weighted by molar-refractivity contribution is 5.97. The van der Waals surface area contributed by atoms with E-state index in [2.05, 4.69) is 4.98 Å². The topological polar surface area (TPSA) is 41.4 Å². The summed E-state index contributed by atoms with van der Waals surface area (Å²) in [5.74, 6) is 0.223. The Balaban J connectivity index is 1.73. The van der Waals surface area contributed by atoms with E-state index in [1.165, 1.54) is 18.0 Å². The number of benzene rings is 1. The molecule has 1 aromatic heterocycles. The van der Waals surface area contributed by atoms with Crippen LogP contribution < -0.4 is 4.90 Å². The second kappa shape index (κ2) is 7.31. The number of anilines is 1. The molecule has 1 aliphatic rings. The highest BCUT2D eigenvalue weighted by Crippen LogP contribution is 2.27. The number of halogens is 2. The molecule has 0 fully saturated rings. The predicted octanol–water partition coefficient (Wildman–Crippen LogP) is 3.08. The molecule has 1 aromatic carbocycles. The zero-order valence-corrected chi connectivity index (χ0v) is 14.4. The number of hydrogen-bond acceptors (Lipinski definition) is 3. The maximum Gasteiger partial charge on any atom is 0.319 e. The molecular formula is C18H22F2N4O. The summed E-state index contributed by atoms with van der Waals surface area (Å²) in [4.78, 5) is 20.5. The summed E-state index contributed by atoms with van der Waals surface area (Å²) in [7, 11) is 1.75. The lowest BCUT2D eigenvalue weighted by atomic mass is 10.0. The standard InChI is InChI=1S/C18H22F2N4O/c1-13(22(2)12-16-21-9-11-24(16)18(19)20)17(25)23-10-5-7-14-6-3-4-8-15(14)23/h3-4,6,8-9,11,13,18H,5,7,10,12H2,1-2H3/t13-/m0/s1. The molecule has 0 spiro atoms. The summed E-state index contributed by atoms with van der Waals surface area (Å²) < 4.78 is 26.7. The van der Waals surface area contributed by atoms with E-state index >= 15 is 0 Å². The van der Waals surface area contributed by atoms with Crippen LogP contribution in [0.5, 0.6) is 0 Å². The molecule has 0 aliphatic carbocycles. The minimum absolute atomic E-state index is 0.0233. The molecule has 25 heavy (non-hydrogen) atoms. The van der Waals surface area contributed by atoms with Crippen molar-refractivity contribution in [2.45, 2.75) is 38.9 Å². The van der Waals surface area contributed by atoms with Crippen molar-refractivity contribution in [3.05, 3.63) is 48.0 Å². The lowest BCUT2D eigenvalue weighted by molar-refractivity contribution is -0.123. The third-order valence-electron chi connectivity index (χ3n) is 4.74. The van der Waals surface area contributed by atoms with E-state index in [4.69, 9.17) is 0 Å². The fraction of sp³-hybridized carbons (Fsp3) is 0.444. The molecule has 7 heteroatoms. The van der Waals surface area contributed by atoms with Crippen molar-refractivity contribution >= 4 is 11.6 Å². The second-order valence-corrected chi connectivity index (χ2v) is 6.34. The highest BCUT2D eigenvalue weighted by Gasteiger charge is 2.29. The number of para-hydroxylation sites is 1. The number of carbonyl (C=O) groups is 1. The van der Waals surface area contributed by atoms with Crippen LogP contribution in [0.15, 0.2) is 36.7 Å². The Bertz CT molecular complexity index is 746. The largest absolute Gasteiger partial charge is 0.319 e. The van der Waals surface area contributed by atoms with Gasteiger partial charge in [0, 0.05) is 24.6 Å². The Morgan fingerprint density at radius 3 is 2.88 bits per heavy atom. The Labute approximate surface area is 145 Å². The van der Waals surface area contributed by atoms with Gasteiger partial charge in [0.15, 0.2) is 0 Å². The van der Waals surface area contributed by atoms with E-state index in [1.807, 2.05) is 24.3 Å². The number of aryl methyl sites for hydroxylation is 1. The molecule has 0 N–H and O–H groups in total. The summed E-state index contributed by atoms with van der Waals surface area (Å²) in [6, 6.07) is 7.48. The third kappa shape index (κ3) is 3.56. The van der Waals surface area contributed by atoms with E-state index in [1.54, 1.807) is 23.8 Å². The molecule has 0 saturated heterocycles. The van der Waals surface area contributed by atoms with Gasteiger partial charge in [-0.25, -0.2) is 4.98 Å². The van der Waals surface area contributed by atoms with Crippen molar-refractivity contribution in [2.75, 3.05) is 18.5 Å². The fourth-order valence-corrected chi connectivity index (χ4v) is 3.18. The molecule has 1 aliphatic heterocycles. The van der Waals surface area contributed by atoms with Gasteiger partial charge in [0.05, 0.1) is 12.6 Å². The van der Waals surface area contributed by atoms with Gasteiger partial charge in [-0.1, -0.05) is 18.2 Å². The minimum atomic E-state index is -2.63. The Morgan fingerprint density at radius 2 is 2.12 bits per heavy atom. The quantitative estimate of drug-likeness (QED) is 0.834. The van der Waals surface area contributed by atoms with Crippen LogP contribution in [0, 0.1) is 0 Å². The van der Waals surface area contributed by atoms with Crippen molar-refractivity contribution in [2.24, 2.45) is 0 Å². The number of alkyl halides is 2. The lowest BCUT2D eigenvalue weighted by Gasteiger charge is -2.34. The summed E-state index contributed by atoms with van der Waals surface area (Å²) in [5.41, 5.74) is 2.12. The van der Waals surface area contributed by atoms with E-state index < -0.39 is 12.6 Å². The molecule has 3 rings (SSSR count). The maximum atomic E-state index is 13.0. The molecule has 0 unspecified atom stereocenters. The molecule has 5 nitrogen and oxygen atoms in total. The van der Waals surface area contributed by atoms with Crippen LogP contribution in [-0.4, -0.2) is 40.0 Å². The van der Waals surface area contributed by atoms with Crippen molar-refractivity contribution in [1.29, 1.82) is 0 Å². The number of nitrogens with zero attached hydrogens (tertiary/aromatic N) is 4. The molecule has 0 radical (unpaired) electrons. The monoisotopic (exact) mass is 348 g/mol. The Kier molecular flexibility index (Phi) is 5.13. The fourth-order valence-electron chi connectivity index (χ4n) is 3.18. The van der Waals surface area contributed by atoms with Gasteiger partial charge in [0.1, 0.15) is 5.82 Å². The first-order valence-electron chi connectivity index (χ1n) is 8.38. The first kappa shape index (κ1) is 17.5.